The number of nitrogens with zero attached hydrogens (tertiary/aromatic N) is 3. The molecule has 0 saturated heterocycles. The monoisotopic (exact) mass is 463 g/mol. The molecule has 0 aliphatic carbocycles. The summed E-state index contributed by atoms with van der Waals surface area (Å²) in [4.78, 5) is 26.4. The number of ether oxygens (including phenoxy) is 1. The summed E-state index contributed by atoms with van der Waals surface area (Å²) in [6, 6.07) is 16.2. The zero-order chi connectivity index (χ0) is 23.4. The maximum absolute atomic E-state index is 12.5. The second kappa shape index (κ2) is 10.0. The number of carbonyl (C=O) groups is 2. The van der Waals surface area contributed by atoms with Crippen molar-refractivity contribution in [2.75, 3.05) is 13.2 Å². The van der Waals surface area contributed by atoms with Crippen molar-refractivity contribution in [3.8, 4) is 0 Å². The quantitative estimate of drug-likeness (QED) is 0.403. The minimum atomic E-state index is -0.595. The Hall–Kier alpha value is -3.38. The number of halogens is 1. The molecule has 4 rings (SSSR count). The molecule has 2 heterocycles. The molecule has 1 aromatic heterocycles. The van der Waals surface area contributed by atoms with Crippen molar-refractivity contribution in [3.05, 3.63) is 93.3 Å². The second-order valence-corrected chi connectivity index (χ2v) is 8.57. The zero-order valence-electron chi connectivity index (χ0n) is 18.8. The van der Waals surface area contributed by atoms with Crippen LogP contribution in [0.2, 0.25) is 5.15 Å². The van der Waals surface area contributed by atoms with Crippen molar-refractivity contribution in [1.29, 1.82) is 0 Å². The number of benzene rings is 2. The van der Waals surface area contributed by atoms with E-state index in [1.54, 1.807) is 15.7 Å². The number of rotatable bonds is 6. The van der Waals surface area contributed by atoms with E-state index in [0.29, 0.717) is 36.0 Å². The van der Waals surface area contributed by atoms with Crippen LogP contribution < -0.4 is 0 Å². The predicted molar refractivity (Wildman–Crippen MR) is 128 cm³/mol. The molecular formula is C26H26ClN3O3. The van der Waals surface area contributed by atoms with Gasteiger partial charge < -0.3 is 9.64 Å². The van der Waals surface area contributed by atoms with Crippen molar-refractivity contribution in [2.45, 2.75) is 33.4 Å². The van der Waals surface area contributed by atoms with Gasteiger partial charge in [0.1, 0.15) is 5.15 Å². The number of amides is 1. The maximum Gasteiger partial charge on any atom is 0.331 e. The maximum atomic E-state index is 12.5. The number of esters is 1. The van der Waals surface area contributed by atoms with Gasteiger partial charge in [0.25, 0.3) is 5.91 Å². The molecule has 0 unspecified atom stereocenters. The molecule has 0 radical (unpaired) electrons. The lowest BCUT2D eigenvalue weighted by Crippen LogP contribution is -2.38. The van der Waals surface area contributed by atoms with E-state index in [1.165, 1.54) is 17.2 Å². The van der Waals surface area contributed by atoms with Crippen molar-refractivity contribution in [3.63, 3.8) is 0 Å². The van der Waals surface area contributed by atoms with Gasteiger partial charge in [0.15, 0.2) is 6.61 Å². The highest BCUT2D eigenvalue weighted by atomic mass is 35.5. The SMILES string of the molecule is Cc1ccc(Cn2nc(C)c(/C=C/C(=O)OCC(=O)N3CCc4ccccc4C3)c2Cl)cc1. The number of fused-ring (bicyclic) bond motifs is 1. The van der Waals surface area contributed by atoms with E-state index in [0.717, 1.165) is 17.5 Å². The second-order valence-electron chi connectivity index (χ2n) is 8.21. The van der Waals surface area contributed by atoms with E-state index < -0.39 is 5.97 Å². The highest BCUT2D eigenvalue weighted by molar-refractivity contribution is 6.31. The van der Waals surface area contributed by atoms with E-state index in [1.807, 2.05) is 56.3 Å². The molecule has 33 heavy (non-hydrogen) atoms. The van der Waals surface area contributed by atoms with Crippen LogP contribution in [-0.2, 0) is 33.8 Å². The fraction of sp³-hybridized carbons (Fsp3) is 0.269. The van der Waals surface area contributed by atoms with Crippen LogP contribution in [0.15, 0.2) is 54.6 Å². The van der Waals surface area contributed by atoms with E-state index in [9.17, 15) is 9.59 Å². The Balaban J connectivity index is 1.33. The lowest BCUT2D eigenvalue weighted by molar-refractivity contribution is -0.148. The van der Waals surface area contributed by atoms with Gasteiger partial charge >= 0.3 is 5.97 Å². The minimum Gasteiger partial charge on any atom is -0.452 e. The van der Waals surface area contributed by atoms with Crippen molar-refractivity contribution < 1.29 is 14.3 Å². The molecule has 0 N–H and O–H groups in total. The molecular weight excluding hydrogens is 438 g/mol. The topological polar surface area (TPSA) is 64.4 Å². The van der Waals surface area contributed by atoms with Crippen molar-refractivity contribution >= 4 is 29.6 Å². The van der Waals surface area contributed by atoms with Gasteiger partial charge in [-0.25, -0.2) is 9.48 Å². The van der Waals surface area contributed by atoms with Crippen LogP contribution in [0.5, 0.6) is 0 Å². The molecule has 3 aromatic rings. The van der Waals surface area contributed by atoms with Gasteiger partial charge in [-0.3, -0.25) is 4.79 Å². The van der Waals surface area contributed by atoms with Gasteiger partial charge in [0.05, 0.1) is 12.2 Å². The molecule has 1 aliphatic heterocycles. The molecule has 2 aromatic carbocycles. The summed E-state index contributed by atoms with van der Waals surface area (Å²) in [6.45, 7) is 5.28. The molecule has 0 saturated carbocycles. The molecule has 1 amide bonds. The fourth-order valence-electron chi connectivity index (χ4n) is 3.86. The van der Waals surface area contributed by atoms with E-state index in [2.05, 4.69) is 11.2 Å². The standard InChI is InChI=1S/C26H26ClN3O3/c1-18-7-9-20(10-8-18)15-30-26(27)23(19(2)28-30)11-12-25(32)33-17-24(31)29-14-13-21-5-3-4-6-22(21)16-29/h3-12H,13-17H2,1-2H3/b12-11+. The third-order valence-electron chi connectivity index (χ3n) is 5.77. The number of aromatic nitrogens is 2. The molecule has 0 atom stereocenters. The number of carbonyl (C=O) groups excluding carboxylic acids is 2. The van der Waals surface area contributed by atoms with Gasteiger partial charge in [-0.15, -0.1) is 0 Å². The Kier molecular flexibility index (Phi) is 6.94. The molecule has 6 nitrogen and oxygen atoms in total. The summed E-state index contributed by atoms with van der Waals surface area (Å²) in [5, 5.41) is 4.92. The first-order valence-corrected chi connectivity index (χ1v) is 11.3. The summed E-state index contributed by atoms with van der Waals surface area (Å²) in [6.07, 6.45) is 3.67. The molecule has 0 spiro atoms. The fourth-order valence-corrected chi connectivity index (χ4v) is 4.16. The van der Waals surface area contributed by atoms with Crippen LogP contribution in [0, 0.1) is 13.8 Å². The number of hydrogen-bond donors (Lipinski definition) is 0. The third-order valence-corrected chi connectivity index (χ3v) is 6.17. The Morgan fingerprint density at radius 3 is 2.58 bits per heavy atom. The third kappa shape index (κ3) is 5.52. The van der Waals surface area contributed by atoms with Crippen LogP contribution in [0.3, 0.4) is 0 Å². The molecule has 0 fully saturated rings. The van der Waals surface area contributed by atoms with E-state index >= 15 is 0 Å². The Labute approximate surface area is 198 Å². The van der Waals surface area contributed by atoms with E-state index in [-0.39, 0.29) is 12.5 Å². The zero-order valence-corrected chi connectivity index (χ0v) is 19.5. The predicted octanol–water partition coefficient (Wildman–Crippen LogP) is 4.34. The number of aryl methyl sites for hydroxylation is 2. The first-order valence-electron chi connectivity index (χ1n) is 10.9. The Bertz CT molecular complexity index is 1200. The highest BCUT2D eigenvalue weighted by Gasteiger charge is 2.21. The Morgan fingerprint density at radius 1 is 1.09 bits per heavy atom. The average molecular weight is 464 g/mol. The Morgan fingerprint density at radius 2 is 1.82 bits per heavy atom. The largest absolute Gasteiger partial charge is 0.452 e. The first-order chi connectivity index (χ1) is 15.9. The minimum absolute atomic E-state index is 0.202. The lowest BCUT2D eigenvalue weighted by atomic mass is 10.00. The van der Waals surface area contributed by atoms with Gasteiger partial charge in [-0.05, 0) is 43.0 Å². The normalized spacial score (nSPS) is 13.2. The number of hydrogen-bond acceptors (Lipinski definition) is 4. The summed E-state index contributed by atoms with van der Waals surface area (Å²) in [5.41, 5.74) is 6.03. The lowest BCUT2D eigenvalue weighted by Gasteiger charge is -2.28. The van der Waals surface area contributed by atoms with Gasteiger partial charge in [-0.1, -0.05) is 65.7 Å². The summed E-state index contributed by atoms with van der Waals surface area (Å²) in [7, 11) is 0. The smallest absolute Gasteiger partial charge is 0.331 e. The molecule has 1 aliphatic rings. The van der Waals surface area contributed by atoms with Crippen LogP contribution in [0.1, 0.15) is 33.5 Å². The highest BCUT2D eigenvalue weighted by Crippen LogP contribution is 2.23. The van der Waals surface area contributed by atoms with Crippen molar-refractivity contribution in [1.82, 2.24) is 14.7 Å². The van der Waals surface area contributed by atoms with Crippen molar-refractivity contribution in [2.24, 2.45) is 0 Å². The summed E-state index contributed by atoms with van der Waals surface area (Å²) in [5.74, 6) is -0.797. The molecule has 0 bridgehead atoms. The van der Waals surface area contributed by atoms with Crippen LogP contribution in [0.25, 0.3) is 6.08 Å². The molecule has 170 valence electrons. The molecule has 7 heteroatoms. The van der Waals surface area contributed by atoms with Crippen LogP contribution in [0.4, 0.5) is 0 Å². The van der Waals surface area contributed by atoms with E-state index in [4.69, 9.17) is 16.3 Å². The van der Waals surface area contributed by atoms with Crippen LogP contribution in [-0.4, -0.2) is 39.7 Å². The van der Waals surface area contributed by atoms with Gasteiger partial charge in [0, 0.05) is 24.7 Å². The average Bonchev–Trinajstić information content (AvgIpc) is 3.09. The summed E-state index contributed by atoms with van der Waals surface area (Å²) >= 11 is 6.50. The van der Waals surface area contributed by atoms with Gasteiger partial charge in [0.2, 0.25) is 0 Å². The first kappa shape index (κ1) is 22.8. The summed E-state index contributed by atoms with van der Waals surface area (Å²) < 4.78 is 6.87. The van der Waals surface area contributed by atoms with Crippen LogP contribution >= 0.6 is 11.6 Å². The van der Waals surface area contributed by atoms with Gasteiger partial charge in [-0.2, -0.15) is 5.10 Å².